The third kappa shape index (κ3) is 4.37. The fraction of sp³-hybridized carbons (Fsp3) is 0.588. The Morgan fingerprint density at radius 1 is 1.27 bits per heavy atom. The molecule has 0 spiro atoms. The van der Waals surface area contributed by atoms with E-state index in [1.165, 1.54) is 6.42 Å². The van der Waals surface area contributed by atoms with E-state index in [-0.39, 0.29) is 0 Å². The van der Waals surface area contributed by atoms with Crippen LogP contribution in [0.3, 0.4) is 0 Å². The van der Waals surface area contributed by atoms with Crippen LogP contribution in [0.5, 0.6) is 0 Å². The molecule has 2 rings (SSSR count). The van der Waals surface area contributed by atoms with Gasteiger partial charge in [-0.1, -0.05) is 30.9 Å². The highest BCUT2D eigenvalue weighted by molar-refractivity contribution is 6.30. The maximum atomic E-state index is 12.0. The molecule has 0 aromatic heterocycles. The average molecular weight is 325 g/mol. The number of rotatable bonds is 2. The predicted octanol–water partition coefficient (Wildman–Crippen LogP) is 4.81. The molecule has 0 saturated heterocycles. The number of nitrogens with one attached hydrogen (secondary N) is 1. The minimum atomic E-state index is -0.540. The smallest absolute Gasteiger partial charge is 0.412 e. The highest BCUT2D eigenvalue weighted by atomic mass is 35.5. The molecule has 4 nitrogen and oxygen atoms in total. The van der Waals surface area contributed by atoms with Crippen LogP contribution in [-0.2, 0) is 10.3 Å². The second kappa shape index (κ2) is 6.47. The van der Waals surface area contributed by atoms with Gasteiger partial charge in [-0.3, -0.25) is 5.32 Å². The zero-order valence-electron chi connectivity index (χ0n) is 13.5. The maximum absolute atomic E-state index is 12.0. The van der Waals surface area contributed by atoms with Crippen molar-refractivity contribution in [1.29, 1.82) is 0 Å². The van der Waals surface area contributed by atoms with Gasteiger partial charge in [0.05, 0.1) is 0 Å². The summed E-state index contributed by atoms with van der Waals surface area (Å²) in [6.45, 7) is 5.50. The van der Waals surface area contributed by atoms with Gasteiger partial charge in [0.2, 0.25) is 0 Å². The van der Waals surface area contributed by atoms with Crippen LogP contribution in [0, 0.1) is 0 Å². The van der Waals surface area contributed by atoms with E-state index in [2.05, 4.69) is 5.32 Å². The second-order valence-corrected chi connectivity index (χ2v) is 7.47. The Labute approximate surface area is 137 Å². The molecule has 3 N–H and O–H groups in total. The van der Waals surface area contributed by atoms with Crippen molar-refractivity contribution in [2.45, 2.75) is 64.0 Å². The number of hydrogen-bond donors (Lipinski definition) is 2. The Morgan fingerprint density at radius 3 is 2.50 bits per heavy atom. The number of benzene rings is 1. The Balaban J connectivity index is 2.26. The summed E-state index contributed by atoms with van der Waals surface area (Å²) in [5.74, 6) is 0. The highest BCUT2D eigenvalue weighted by Crippen LogP contribution is 2.39. The molecule has 0 radical (unpaired) electrons. The quantitative estimate of drug-likeness (QED) is 0.820. The van der Waals surface area contributed by atoms with E-state index in [1.807, 2.05) is 26.8 Å². The first kappa shape index (κ1) is 17.1. The normalized spacial score (nSPS) is 17.9. The Hall–Kier alpha value is -1.26. The molecule has 1 aromatic carbocycles. The van der Waals surface area contributed by atoms with Crippen molar-refractivity contribution in [1.82, 2.24) is 0 Å². The zero-order valence-corrected chi connectivity index (χ0v) is 14.3. The Bertz CT molecular complexity index is 546. The van der Waals surface area contributed by atoms with Crippen LogP contribution in [-0.4, -0.2) is 11.7 Å². The lowest BCUT2D eigenvalue weighted by molar-refractivity contribution is 0.0635. The standard InChI is InChI=1S/C17H25ClN2O2/c1-16(2,3)22-15(21)20-14-8-7-12(18)11-13(14)17(19)9-5-4-6-10-17/h7-8,11H,4-6,9-10,19H2,1-3H3,(H,20,21). The molecule has 1 amide bonds. The van der Waals surface area contributed by atoms with Gasteiger partial charge in [0, 0.05) is 16.2 Å². The number of carbonyl (C=O) groups is 1. The van der Waals surface area contributed by atoms with Gasteiger partial charge in [-0.15, -0.1) is 0 Å². The van der Waals surface area contributed by atoms with Crippen molar-refractivity contribution in [2.24, 2.45) is 5.73 Å². The van der Waals surface area contributed by atoms with Gasteiger partial charge in [0.1, 0.15) is 5.60 Å². The maximum Gasteiger partial charge on any atom is 0.412 e. The summed E-state index contributed by atoms with van der Waals surface area (Å²) < 4.78 is 5.32. The van der Waals surface area contributed by atoms with Gasteiger partial charge < -0.3 is 10.5 Å². The summed E-state index contributed by atoms with van der Waals surface area (Å²) in [6, 6.07) is 5.41. The molecule has 5 heteroatoms. The zero-order chi connectivity index (χ0) is 16.4. The molecule has 0 aliphatic heterocycles. The van der Waals surface area contributed by atoms with Crippen LogP contribution in [0.25, 0.3) is 0 Å². The van der Waals surface area contributed by atoms with E-state index in [9.17, 15) is 4.79 Å². The van der Waals surface area contributed by atoms with E-state index in [0.717, 1.165) is 31.2 Å². The molecule has 0 bridgehead atoms. The first-order valence-corrected chi connectivity index (χ1v) is 8.16. The van der Waals surface area contributed by atoms with E-state index in [1.54, 1.807) is 12.1 Å². The second-order valence-electron chi connectivity index (χ2n) is 7.03. The molecular weight excluding hydrogens is 300 g/mol. The molecule has 0 atom stereocenters. The molecule has 1 saturated carbocycles. The third-order valence-corrected chi connectivity index (χ3v) is 4.13. The first-order valence-electron chi connectivity index (χ1n) is 7.79. The SMILES string of the molecule is CC(C)(C)OC(=O)Nc1ccc(Cl)cc1C1(N)CCCCC1. The molecule has 0 heterocycles. The van der Waals surface area contributed by atoms with Crippen LogP contribution in [0.15, 0.2) is 18.2 Å². The predicted molar refractivity (Wildman–Crippen MR) is 90.3 cm³/mol. The lowest BCUT2D eigenvalue weighted by Gasteiger charge is -2.35. The highest BCUT2D eigenvalue weighted by Gasteiger charge is 2.32. The van der Waals surface area contributed by atoms with E-state index >= 15 is 0 Å². The van der Waals surface area contributed by atoms with Crippen molar-refractivity contribution in [3.05, 3.63) is 28.8 Å². The van der Waals surface area contributed by atoms with Crippen LogP contribution in [0.1, 0.15) is 58.4 Å². The molecule has 1 fully saturated rings. The summed E-state index contributed by atoms with van der Waals surface area (Å²) in [4.78, 5) is 12.0. The van der Waals surface area contributed by atoms with Gasteiger partial charge in [0.25, 0.3) is 0 Å². The van der Waals surface area contributed by atoms with Gasteiger partial charge in [0.15, 0.2) is 0 Å². The minimum Gasteiger partial charge on any atom is -0.444 e. The minimum absolute atomic E-state index is 0.437. The number of amides is 1. The number of hydrogen-bond acceptors (Lipinski definition) is 3. The average Bonchev–Trinajstić information content (AvgIpc) is 2.39. The first-order chi connectivity index (χ1) is 10.2. The fourth-order valence-electron chi connectivity index (χ4n) is 2.90. The lowest BCUT2D eigenvalue weighted by Crippen LogP contribution is -2.39. The molecule has 1 aromatic rings. The van der Waals surface area contributed by atoms with E-state index in [4.69, 9.17) is 22.1 Å². The van der Waals surface area contributed by atoms with Crippen molar-refractivity contribution in [3.63, 3.8) is 0 Å². The monoisotopic (exact) mass is 324 g/mol. The van der Waals surface area contributed by atoms with Gasteiger partial charge in [-0.2, -0.15) is 0 Å². The van der Waals surface area contributed by atoms with Gasteiger partial charge in [-0.25, -0.2) is 4.79 Å². The van der Waals surface area contributed by atoms with Crippen LogP contribution < -0.4 is 11.1 Å². The summed E-state index contributed by atoms with van der Waals surface area (Å²) in [7, 11) is 0. The lowest BCUT2D eigenvalue weighted by atomic mass is 9.77. The van der Waals surface area contributed by atoms with Crippen LogP contribution in [0.4, 0.5) is 10.5 Å². The molecule has 22 heavy (non-hydrogen) atoms. The topological polar surface area (TPSA) is 64.3 Å². The van der Waals surface area contributed by atoms with Crippen LogP contribution >= 0.6 is 11.6 Å². The number of anilines is 1. The number of nitrogens with two attached hydrogens (primary N) is 1. The summed E-state index contributed by atoms with van der Waals surface area (Å²) in [5, 5.41) is 3.44. The summed E-state index contributed by atoms with van der Waals surface area (Å²) in [6.07, 6.45) is 4.71. The van der Waals surface area contributed by atoms with Gasteiger partial charge >= 0.3 is 6.09 Å². The molecule has 1 aliphatic rings. The Kier molecular flexibility index (Phi) is 5.03. The molecule has 1 aliphatic carbocycles. The van der Waals surface area contributed by atoms with Crippen molar-refractivity contribution in [3.8, 4) is 0 Å². The molecule has 122 valence electrons. The number of ether oxygens (including phenoxy) is 1. The van der Waals surface area contributed by atoms with Crippen molar-refractivity contribution in [2.75, 3.05) is 5.32 Å². The van der Waals surface area contributed by atoms with E-state index in [0.29, 0.717) is 10.7 Å². The van der Waals surface area contributed by atoms with Crippen LogP contribution in [0.2, 0.25) is 5.02 Å². The third-order valence-electron chi connectivity index (χ3n) is 3.90. The summed E-state index contributed by atoms with van der Waals surface area (Å²) in [5.41, 5.74) is 7.20. The Morgan fingerprint density at radius 2 is 1.91 bits per heavy atom. The number of halogens is 1. The van der Waals surface area contributed by atoms with Crippen molar-refractivity contribution < 1.29 is 9.53 Å². The van der Waals surface area contributed by atoms with Gasteiger partial charge in [-0.05, 0) is 57.4 Å². The van der Waals surface area contributed by atoms with Crippen molar-refractivity contribution >= 4 is 23.4 Å². The fourth-order valence-corrected chi connectivity index (χ4v) is 3.08. The number of carbonyl (C=O) groups excluding carboxylic acids is 1. The summed E-state index contributed by atoms with van der Waals surface area (Å²) >= 11 is 6.14. The molecule has 0 unspecified atom stereocenters. The largest absolute Gasteiger partial charge is 0.444 e. The molecular formula is C17H25ClN2O2. The van der Waals surface area contributed by atoms with E-state index < -0.39 is 17.2 Å².